The highest BCUT2D eigenvalue weighted by Gasteiger charge is 2.45. The third-order valence-electron chi connectivity index (χ3n) is 6.46. The van der Waals surface area contributed by atoms with Gasteiger partial charge in [0, 0.05) is 16.5 Å². The van der Waals surface area contributed by atoms with Crippen molar-refractivity contribution < 1.29 is 4.42 Å². The zero-order chi connectivity index (χ0) is 18.6. The van der Waals surface area contributed by atoms with Crippen molar-refractivity contribution in [1.29, 1.82) is 0 Å². The van der Waals surface area contributed by atoms with Crippen LogP contribution in [0.1, 0.15) is 47.9 Å². The highest BCUT2D eigenvalue weighted by Crippen LogP contribution is 2.51. The molecule has 0 unspecified atom stereocenters. The van der Waals surface area contributed by atoms with Gasteiger partial charge in [0.1, 0.15) is 0 Å². The number of hydrogen-bond acceptors (Lipinski definition) is 3. The quantitative estimate of drug-likeness (QED) is 0.589. The monoisotopic (exact) mass is 357 g/mol. The van der Waals surface area contributed by atoms with Crippen LogP contribution in [-0.4, -0.2) is 4.98 Å². The summed E-state index contributed by atoms with van der Waals surface area (Å²) in [6.07, 6.45) is 5.35. The van der Waals surface area contributed by atoms with Crippen LogP contribution in [0.25, 0.3) is 22.7 Å². The van der Waals surface area contributed by atoms with Gasteiger partial charge in [0.2, 0.25) is 5.89 Å². The van der Waals surface area contributed by atoms with Crippen LogP contribution >= 0.6 is 0 Å². The number of nitrogens with zero attached hydrogens (tertiary/aromatic N) is 1. The van der Waals surface area contributed by atoms with Gasteiger partial charge in [-0.15, -0.1) is 0 Å². The molecule has 2 aliphatic rings. The van der Waals surface area contributed by atoms with E-state index in [0.29, 0.717) is 5.89 Å². The number of aromatic nitrogens is 1. The molecule has 1 spiro atoms. The number of rotatable bonds is 1. The summed E-state index contributed by atoms with van der Waals surface area (Å²) in [5.74, 6) is 0.418. The molecule has 2 aliphatic carbocycles. The zero-order valence-electron chi connectivity index (χ0n) is 15.8. The predicted molar refractivity (Wildman–Crippen MR) is 107 cm³/mol. The van der Waals surface area contributed by atoms with Gasteiger partial charge in [-0.3, -0.25) is 0 Å². The number of benzene rings is 2. The third kappa shape index (κ3) is 2.41. The average Bonchev–Trinajstić information content (AvgIpc) is 3.13. The SMILES string of the molecule is Cc1ccc(C)c2c1CC1(CCCC1)c1c-2nc(-c2ccccc2)oc1=O. The zero-order valence-corrected chi connectivity index (χ0v) is 15.8. The molecule has 27 heavy (non-hydrogen) atoms. The van der Waals surface area contributed by atoms with Crippen molar-refractivity contribution in [2.24, 2.45) is 0 Å². The fourth-order valence-corrected chi connectivity index (χ4v) is 5.10. The van der Waals surface area contributed by atoms with E-state index in [2.05, 4.69) is 26.0 Å². The summed E-state index contributed by atoms with van der Waals surface area (Å²) < 4.78 is 5.77. The van der Waals surface area contributed by atoms with Gasteiger partial charge in [0.25, 0.3) is 0 Å². The predicted octanol–water partition coefficient (Wildman–Crippen LogP) is 5.35. The molecule has 3 heteroatoms. The minimum atomic E-state index is -0.202. The lowest BCUT2D eigenvalue weighted by Crippen LogP contribution is -2.36. The van der Waals surface area contributed by atoms with Crippen molar-refractivity contribution in [2.75, 3.05) is 0 Å². The third-order valence-corrected chi connectivity index (χ3v) is 6.46. The summed E-state index contributed by atoms with van der Waals surface area (Å²) in [4.78, 5) is 18.2. The highest BCUT2D eigenvalue weighted by molar-refractivity contribution is 5.77. The van der Waals surface area contributed by atoms with Gasteiger partial charge < -0.3 is 4.42 Å². The summed E-state index contributed by atoms with van der Waals surface area (Å²) in [5.41, 5.74) is 7.20. The van der Waals surface area contributed by atoms with Crippen molar-refractivity contribution in [3.8, 4) is 22.7 Å². The van der Waals surface area contributed by atoms with Crippen LogP contribution in [0.3, 0.4) is 0 Å². The number of aryl methyl sites for hydroxylation is 2. The Labute approximate surface area is 159 Å². The molecule has 2 aromatic carbocycles. The van der Waals surface area contributed by atoms with E-state index < -0.39 is 0 Å². The number of hydrogen-bond donors (Lipinski definition) is 0. The second kappa shape index (κ2) is 5.91. The lowest BCUT2D eigenvalue weighted by molar-refractivity contribution is 0.393. The van der Waals surface area contributed by atoms with Gasteiger partial charge in [-0.1, -0.05) is 43.2 Å². The maximum absolute atomic E-state index is 13.2. The van der Waals surface area contributed by atoms with Crippen molar-refractivity contribution >= 4 is 0 Å². The highest BCUT2D eigenvalue weighted by atomic mass is 16.4. The Balaban J connectivity index is 1.86. The van der Waals surface area contributed by atoms with E-state index in [-0.39, 0.29) is 11.0 Å². The summed E-state index contributed by atoms with van der Waals surface area (Å²) >= 11 is 0. The molecule has 3 aromatic rings. The fraction of sp³-hybridized carbons (Fsp3) is 0.333. The minimum absolute atomic E-state index is 0.107. The standard InChI is InChI=1S/C24H23NO2/c1-15-10-11-16(2)19-18(15)14-24(12-6-7-13-24)20-21(19)25-22(27-23(20)26)17-8-4-3-5-9-17/h3-5,8-11H,6-7,12-14H2,1-2H3. The Hall–Kier alpha value is -2.68. The van der Waals surface area contributed by atoms with Crippen molar-refractivity contribution in [3.63, 3.8) is 0 Å². The molecule has 0 saturated heterocycles. The van der Waals surface area contributed by atoms with Crippen LogP contribution in [0.4, 0.5) is 0 Å². The van der Waals surface area contributed by atoms with Crippen molar-refractivity contribution in [2.45, 2.75) is 51.4 Å². The van der Waals surface area contributed by atoms with Crippen LogP contribution in [0.15, 0.2) is 51.7 Å². The van der Waals surface area contributed by atoms with E-state index in [0.717, 1.165) is 41.6 Å². The normalized spacial score (nSPS) is 17.0. The molecule has 5 rings (SSSR count). The summed E-state index contributed by atoms with van der Waals surface area (Å²) in [6.45, 7) is 4.29. The molecule has 1 aromatic heterocycles. The maximum Gasteiger partial charge on any atom is 0.343 e. The smallest absolute Gasteiger partial charge is 0.343 e. The van der Waals surface area contributed by atoms with Gasteiger partial charge in [-0.2, -0.15) is 0 Å². The lowest BCUT2D eigenvalue weighted by Gasteiger charge is -2.36. The van der Waals surface area contributed by atoms with Crippen LogP contribution in [0.2, 0.25) is 0 Å². The van der Waals surface area contributed by atoms with Gasteiger partial charge >= 0.3 is 5.63 Å². The molecule has 3 nitrogen and oxygen atoms in total. The molecule has 0 atom stereocenters. The Bertz CT molecular complexity index is 1090. The Morgan fingerprint density at radius 2 is 1.67 bits per heavy atom. The van der Waals surface area contributed by atoms with E-state index in [4.69, 9.17) is 9.40 Å². The molecule has 1 heterocycles. The van der Waals surface area contributed by atoms with Crippen molar-refractivity contribution in [1.82, 2.24) is 4.98 Å². The second-order valence-corrected chi connectivity index (χ2v) is 8.11. The second-order valence-electron chi connectivity index (χ2n) is 8.11. The Morgan fingerprint density at radius 1 is 0.963 bits per heavy atom. The maximum atomic E-state index is 13.2. The summed E-state index contributed by atoms with van der Waals surface area (Å²) in [5, 5.41) is 0. The van der Waals surface area contributed by atoms with Crippen LogP contribution < -0.4 is 5.63 Å². The largest absolute Gasteiger partial charge is 0.403 e. The van der Waals surface area contributed by atoms with Crippen LogP contribution in [0.5, 0.6) is 0 Å². The minimum Gasteiger partial charge on any atom is -0.403 e. The van der Waals surface area contributed by atoms with E-state index in [1.165, 1.54) is 29.5 Å². The summed E-state index contributed by atoms with van der Waals surface area (Å²) in [6, 6.07) is 14.1. The molecule has 0 amide bonds. The van der Waals surface area contributed by atoms with Gasteiger partial charge in [-0.25, -0.2) is 9.78 Å². The van der Waals surface area contributed by atoms with Crippen LogP contribution in [0, 0.1) is 13.8 Å². The first-order chi connectivity index (χ1) is 13.1. The molecular weight excluding hydrogens is 334 g/mol. The van der Waals surface area contributed by atoms with E-state index in [1.807, 2.05) is 30.3 Å². The first-order valence-corrected chi connectivity index (χ1v) is 9.80. The van der Waals surface area contributed by atoms with E-state index in [9.17, 15) is 4.79 Å². The average molecular weight is 357 g/mol. The molecule has 0 bridgehead atoms. The lowest BCUT2D eigenvalue weighted by atomic mass is 9.67. The Morgan fingerprint density at radius 3 is 2.41 bits per heavy atom. The fourth-order valence-electron chi connectivity index (χ4n) is 5.10. The first kappa shape index (κ1) is 16.5. The van der Waals surface area contributed by atoms with E-state index in [1.54, 1.807) is 0 Å². The summed E-state index contributed by atoms with van der Waals surface area (Å²) in [7, 11) is 0. The molecule has 0 radical (unpaired) electrons. The Kier molecular flexibility index (Phi) is 3.61. The molecular formula is C24H23NO2. The molecule has 0 aliphatic heterocycles. The molecule has 0 N–H and O–H groups in total. The first-order valence-electron chi connectivity index (χ1n) is 9.80. The molecule has 1 fully saturated rings. The van der Waals surface area contributed by atoms with Crippen molar-refractivity contribution in [3.05, 3.63) is 75.1 Å². The van der Waals surface area contributed by atoms with Gasteiger partial charge in [0.15, 0.2) is 0 Å². The topological polar surface area (TPSA) is 43.1 Å². The molecule has 1 saturated carbocycles. The van der Waals surface area contributed by atoms with Gasteiger partial charge in [0.05, 0.1) is 11.3 Å². The van der Waals surface area contributed by atoms with Gasteiger partial charge in [-0.05, 0) is 61.9 Å². The molecule has 136 valence electrons. The van der Waals surface area contributed by atoms with E-state index >= 15 is 0 Å². The van der Waals surface area contributed by atoms with Crippen LogP contribution in [-0.2, 0) is 11.8 Å². The number of fused-ring (bicyclic) bond motifs is 4.